The number of amides is 1. The van der Waals surface area contributed by atoms with Crippen molar-refractivity contribution in [2.24, 2.45) is 0 Å². The second-order valence-corrected chi connectivity index (χ2v) is 7.54. The van der Waals surface area contributed by atoms with Crippen molar-refractivity contribution in [2.45, 2.75) is 55.5 Å². The quantitative estimate of drug-likeness (QED) is 0.635. The Bertz CT molecular complexity index is 770. The van der Waals surface area contributed by atoms with Crippen molar-refractivity contribution in [2.75, 3.05) is 0 Å². The maximum Gasteiger partial charge on any atom is 0.251 e. The summed E-state index contributed by atoms with van der Waals surface area (Å²) in [6.07, 6.45) is 5.66. The standard InChI is InChI=1S/C19H23N3O2S/c1-13-12-16(23)22-19(20-13)25-17(14-8-4-2-5-9-14)18(24)21-15-10-6-3-7-11-15/h2,4-5,8-9,12,15,17H,3,6-7,10-11H2,1H3,(H,21,24)(H,20,22,23). The molecule has 1 aromatic heterocycles. The molecule has 1 fully saturated rings. The number of carbonyl (C=O) groups excluding carboxylic acids is 1. The first-order valence-corrected chi connectivity index (χ1v) is 9.60. The van der Waals surface area contributed by atoms with Crippen LogP contribution >= 0.6 is 11.8 Å². The lowest BCUT2D eigenvalue weighted by Gasteiger charge is -2.25. The van der Waals surface area contributed by atoms with E-state index in [1.807, 2.05) is 30.3 Å². The Kier molecular flexibility index (Phi) is 5.91. The molecule has 2 aromatic rings. The molecule has 2 N–H and O–H groups in total. The lowest BCUT2D eigenvalue weighted by Crippen LogP contribution is -2.38. The number of carbonyl (C=O) groups is 1. The molecule has 0 spiro atoms. The number of aromatic amines is 1. The summed E-state index contributed by atoms with van der Waals surface area (Å²) in [6.45, 7) is 1.78. The molecule has 1 aromatic carbocycles. The topological polar surface area (TPSA) is 74.8 Å². The first-order valence-electron chi connectivity index (χ1n) is 8.72. The molecule has 1 heterocycles. The molecule has 5 nitrogen and oxygen atoms in total. The molecular formula is C19H23N3O2S. The van der Waals surface area contributed by atoms with Crippen molar-refractivity contribution >= 4 is 17.7 Å². The van der Waals surface area contributed by atoms with E-state index >= 15 is 0 Å². The SMILES string of the molecule is Cc1cc(=O)[nH]c(SC(C(=O)NC2CCCCC2)c2ccccc2)n1. The molecule has 1 saturated carbocycles. The number of aryl methyl sites for hydroxylation is 1. The molecule has 6 heteroatoms. The van der Waals surface area contributed by atoms with Crippen LogP contribution in [-0.2, 0) is 4.79 Å². The van der Waals surface area contributed by atoms with E-state index in [0.29, 0.717) is 10.9 Å². The van der Waals surface area contributed by atoms with E-state index in [0.717, 1.165) is 18.4 Å². The average molecular weight is 357 g/mol. The number of nitrogens with one attached hydrogen (secondary N) is 2. The number of benzene rings is 1. The zero-order valence-corrected chi connectivity index (χ0v) is 15.1. The van der Waals surface area contributed by atoms with Gasteiger partial charge in [-0.05, 0) is 25.3 Å². The second kappa shape index (κ2) is 8.34. The van der Waals surface area contributed by atoms with Crippen LogP contribution in [0.15, 0.2) is 46.3 Å². The molecule has 3 rings (SSSR count). The number of aromatic nitrogens is 2. The highest BCUT2D eigenvalue weighted by Crippen LogP contribution is 2.33. The molecule has 0 aliphatic heterocycles. The third kappa shape index (κ3) is 4.95. The fraction of sp³-hybridized carbons (Fsp3) is 0.421. The predicted octanol–water partition coefficient (Wildman–Crippen LogP) is 3.36. The third-order valence-electron chi connectivity index (χ3n) is 4.37. The third-order valence-corrected chi connectivity index (χ3v) is 5.51. The average Bonchev–Trinajstić information content (AvgIpc) is 2.60. The van der Waals surface area contributed by atoms with Gasteiger partial charge >= 0.3 is 0 Å². The fourth-order valence-electron chi connectivity index (χ4n) is 3.14. The van der Waals surface area contributed by atoms with E-state index in [4.69, 9.17) is 0 Å². The highest BCUT2D eigenvalue weighted by Gasteiger charge is 2.26. The van der Waals surface area contributed by atoms with Crippen LogP contribution in [0.4, 0.5) is 0 Å². The van der Waals surface area contributed by atoms with Crippen LogP contribution in [-0.4, -0.2) is 21.9 Å². The Morgan fingerprint density at radius 1 is 1.24 bits per heavy atom. The molecule has 0 bridgehead atoms. The van der Waals surface area contributed by atoms with Gasteiger partial charge in [0.25, 0.3) is 5.56 Å². The molecule has 1 unspecified atom stereocenters. The normalized spacial score (nSPS) is 16.4. The Hall–Kier alpha value is -2.08. The molecule has 1 aliphatic rings. The van der Waals surface area contributed by atoms with Crippen LogP contribution in [0.3, 0.4) is 0 Å². The summed E-state index contributed by atoms with van der Waals surface area (Å²) in [5, 5.41) is 3.22. The highest BCUT2D eigenvalue weighted by molar-refractivity contribution is 8.00. The van der Waals surface area contributed by atoms with E-state index in [1.165, 1.54) is 37.1 Å². The Morgan fingerprint density at radius 3 is 2.64 bits per heavy atom. The van der Waals surface area contributed by atoms with Crippen molar-refractivity contribution in [3.8, 4) is 0 Å². The molecule has 1 amide bonds. The van der Waals surface area contributed by atoms with Crippen molar-refractivity contribution in [3.05, 3.63) is 58.0 Å². The Morgan fingerprint density at radius 2 is 1.96 bits per heavy atom. The Balaban J connectivity index is 1.81. The van der Waals surface area contributed by atoms with Gasteiger partial charge in [-0.1, -0.05) is 61.4 Å². The number of nitrogens with zero attached hydrogens (tertiary/aromatic N) is 1. The van der Waals surface area contributed by atoms with Crippen LogP contribution < -0.4 is 10.9 Å². The van der Waals surface area contributed by atoms with Gasteiger partial charge in [-0.3, -0.25) is 9.59 Å². The number of hydrogen-bond acceptors (Lipinski definition) is 4. The summed E-state index contributed by atoms with van der Waals surface area (Å²) >= 11 is 1.29. The van der Waals surface area contributed by atoms with Gasteiger partial charge in [0.2, 0.25) is 5.91 Å². The molecule has 1 aliphatic carbocycles. The van der Waals surface area contributed by atoms with Crippen LogP contribution in [0.5, 0.6) is 0 Å². The van der Waals surface area contributed by atoms with Crippen LogP contribution in [0.2, 0.25) is 0 Å². The van der Waals surface area contributed by atoms with Crippen LogP contribution in [0.25, 0.3) is 0 Å². The first kappa shape index (κ1) is 17.7. The minimum absolute atomic E-state index is 0.0211. The minimum Gasteiger partial charge on any atom is -0.352 e. The van der Waals surface area contributed by atoms with Crippen molar-refractivity contribution < 1.29 is 4.79 Å². The number of thioether (sulfide) groups is 1. The minimum atomic E-state index is -0.437. The Labute approximate surface area is 151 Å². The first-order chi connectivity index (χ1) is 12.1. The lowest BCUT2D eigenvalue weighted by atomic mass is 9.95. The monoisotopic (exact) mass is 357 g/mol. The maximum atomic E-state index is 12.9. The molecule has 25 heavy (non-hydrogen) atoms. The summed E-state index contributed by atoms with van der Waals surface area (Å²) in [5.74, 6) is -0.0211. The van der Waals surface area contributed by atoms with Crippen LogP contribution in [0.1, 0.15) is 48.6 Å². The van der Waals surface area contributed by atoms with E-state index in [9.17, 15) is 9.59 Å². The summed E-state index contributed by atoms with van der Waals surface area (Å²) < 4.78 is 0. The lowest BCUT2D eigenvalue weighted by molar-refractivity contribution is -0.121. The molecule has 132 valence electrons. The summed E-state index contributed by atoms with van der Waals surface area (Å²) in [7, 11) is 0. The van der Waals surface area contributed by atoms with Gasteiger partial charge in [-0.25, -0.2) is 4.98 Å². The van der Waals surface area contributed by atoms with Gasteiger partial charge in [0, 0.05) is 17.8 Å². The van der Waals surface area contributed by atoms with Gasteiger partial charge in [-0.2, -0.15) is 0 Å². The zero-order valence-electron chi connectivity index (χ0n) is 14.3. The second-order valence-electron chi connectivity index (χ2n) is 6.44. The summed E-state index contributed by atoms with van der Waals surface area (Å²) in [6, 6.07) is 11.3. The maximum absolute atomic E-state index is 12.9. The van der Waals surface area contributed by atoms with Gasteiger partial charge < -0.3 is 10.3 Å². The van der Waals surface area contributed by atoms with Crippen molar-refractivity contribution in [3.63, 3.8) is 0 Å². The van der Waals surface area contributed by atoms with Gasteiger partial charge in [0.15, 0.2) is 5.16 Å². The van der Waals surface area contributed by atoms with Crippen molar-refractivity contribution in [1.82, 2.24) is 15.3 Å². The van der Waals surface area contributed by atoms with Crippen molar-refractivity contribution in [1.29, 1.82) is 0 Å². The van der Waals surface area contributed by atoms with Gasteiger partial charge in [0.1, 0.15) is 5.25 Å². The summed E-state index contributed by atoms with van der Waals surface area (Å²) in [5.41, 5.74) is 1.35. The molecule has 0 radical (unpaired) electrons. The zero-order chi connectivity index (χ0) is 17.6. The largest absolute Gasteiger partial charge is 0.352 e. The fourth-order valence-corrected chi connectivity index (χ4v) is 4.19. The number of hydrogen-bond donors (Lipinski definition) is 2. The van der Waals surface area contributed by atoms with E-state index in [2.05, 4.69) is 15.3 Å². The van der Waals surface area contributed by atoms with E-state index in [-0.39, 0.29) is 17.5 Å². The van der Waals surface area contributed by atoms with Gasteiger partial charge in [0.05, 0.1) is 0 Å². The number of H-pyrrole nitrogens is 1. The molecule has 1 atom stereocenters. The van der Waals surface area contributed by atoms with Crippen LogP contribution in [0, 0.1) is 6.92 Å². The van der Waals surface area contributed by atoms with Gasteiger partial charge in [-0.15, -0.1) is 0 Å². The molecule has 0 saturated heterocycles. The summed E-state index contributed by atoms with van der Waals surface area (Å²) in [4.78, 5) is 31.7. The highest BCUT2D eigenvalue weighted by atomic mass is 32.2. The predicted molar refractivity (Wildman–Crippen MR) is 99.7 cm³/mol. The van der Waals surface area contributed by atoms with E-state index < -0.39 is 5.25 Å². The molecular weight excluding hydrogens is 334 g/mol. The number of rotatable bonds is 5. The van der Waals surface area contributed by atoms with E-state index in [1.54, 1.807) is 6.92 Å². The smallest absolute Gasteiger partial charge is 0.251 e.